The second kappa shape index (κ2) is 5.81. The van der Waals surface area contributed by atoms with E-state index in [9.17, 15) is 21.6 Å². The van der Waals surface area contributed by atoms with Crippen molar-refractivity contribution in [3.8, 4) is 0 Å². The standard InChI is InChI=1S/C14H19F3N2O2S/c1-13(2,10-6-8-18-9-7-10)22(20,21)12-5-3-4-11(19-12)14(15,16)17/h3-5,10,18H,6-9H2,1-2H3. The van der Waals surface area contributed by atoms with Gasteiger partial charge in [0.15, 0.2) is 5.03 Å². The largest absolute Gasteiger partial charge is 0.433 e. The SMILES string of the molecule is CC(C)(C1CCNCC1)S(=O)(=O)c1cccc(C(F)(F)F)n1. The highest BCUT2D eigenvalue weighted by Gasteiger charge is 2.44. The molecule has 0 radical (unpaired) electrons. The Kier molecular flexibility index (Phi) is 4.54. The third-order valence-electron chi connectivity index (χ3n) is 4.30. The van der Waals surface area contributed by atoms with Crippen molar-refractivity contribution in [3.05, 3.63) is 23.9 Å². The Morgan fingerprint density at radius 2 is 1.77 bits per heavy atom. The van der Waals surface area contributed by atoms with E-state index in [2.05, 4.69) is 10.3 Å². The van der Waals surface area contributed by atoms with E-state index in [4.69, 9.17) is 0 Å². The summed E-state index contributed by atoms with van der Waals surface area (Å²) < 4.78 is 62.6. The molecule has 1 aromatic heterocycles. The molecule has 22 heavy (non-hydrogen) atoms. The van der Waals surface area contributed by atoms with E-state index in [1.807, 2.05) is 0 Å². The monoisotopic (exact) mass is 336 g/mol. The van der Waals surface area contributed by atoms with Crippen molar-refractivity contribution in [2.24, 2.45) is 5.92 Å². The fourth-order valence-electron chi connectivity index (χ4n) is 2.73. The van der Waals surface area contributed by atoms with Gasteiger partial charge in [-0.15, -0.1) is 0 Å². The third kappa shape index (κ3) is 3.12. The highest BCUT2D eigenvalue weighted by Crippen LogP contribution is 2.37. The normalized spacial score (nSPS) is 18.4. The molecular weight excluding hydrogens is 317 g/mol. The summed E-state index contributed by atoms with van der Waals surface area (Å²) in [6.45, 7) is 4.56. The maximum atomic E-state index is 12.8. The third-order valence-corrected chi connectivity index (χ3v) is 6.80. The van der Waals surface area contributed by atoms with E-state index >= 15 is 0 Å². The quantitative estimate of drug-likeness (QED) is 0.922. The molecule has 1 fully saturated rings. The molecule has 2 rings (SSSR count). The van der Waals surface area contributed by atoms with E-state index < -0.39 is 31.5 Å². The predicted molar refractivity (Wildman–Crippen MR) is 76.1 cm³/mol. The van der Waals surface area contributed by atoms with Gasteiger partial charge in [-0.1, -0.05) is 6.07 Å². The van der Waals surface area contributed by atoms with E-state index in [-0.39, 0.29) is 5.92 Å². The van der Waals surface area contributed by atoms with E-state index in [0.29, 0.717) is 25.9 Å². The van der Waals surface area contributed by atoms with Gasteiger partial charge in [-0.2, -0.15) is 13.2 Å². The molecule has 0 amide bonds. The van der Waals surface area contributed by atoms with Gasteiger partial charge in [0.1, 0.15) is 5.69 Å². The average molecular weight is 336 g/mol. The Labute approximate surface area is 128 Å². The number of nitrogens with one attached hydrogen (secondary N) is 1. The van der Waals surface area contributed by atoms with Crippen molar-refractivity contribution in [3.63, 3.8) is 0 Å². The lowest BCUT2D eigenvalue weighted by atomic mass is 9.86. The topological polar surface area (TPSA) is 59.1 Å². The summed E-state index contributed by atoms with van der Waals surface area (Å²) in [7, 11) is -3.96. The maximum Gasteiger partial charge on any atom is 0.433 e. The molecular formula is C14H19F3N2O2S. The van der Waals surface area contributed by atoms with Gasteiger partial charge in [0.2, 0.25) is 9.84 Å². The summed E-state index contributed by atoms with van der Waals surface area (Å²) in [6, 6.07) is 2.99. The van der Waals surface area contributed by atoms with Gasteiger partial charge in [-0.3, -0.25) is 0 Å². The minimum Gasteiger partial charge on any atom is -0.317 e. The van der Waals surface area contributed by atoms with Crippen LogP contribution in [0.25, 0.3) is 0 Å². The van der Waals surface area contributed by atoms with Crippen LogP contribution in [0.1, 0.15) is 32.4 Å². The van der Waals surface area contributed by atoms with Crippen LogP contribution >= 0.6 is 0 Å². The van der Waals surface area contributed by atoms with Crippen molar-refractivity contribution in [1.29, 1.82) is 0 Å². The first-order valence-corrected chi connectivity index (χ1v) is 8.55. The van der Waals surface area contributed by atoms with E-state index in [1.54, 1.807) is 13.8 Å². The minimum atomic E-state index is -4.66. The van der Waals surface area contributed by atoms with Crippen molar-refractivity contribution in [2.75, 3.05) is 13.1 Å². The second-order valence-electron chi connectivity index (χ2n) is 5.99. The molecule has 4 nitrogen and oxygen atoms in total. The molecule has 0 spiro atoms. The van der Waals surface area contributed by atoms with Crippen molar-refractivity contribution < 1.29 is 21.6 Å². The summed E-state index contributed by atoms with van der Waals surface area (Å²) in [4.78, 5) is 3.35. The molecule has 0 aliphatic carbocycles. The number of alkyl halides is 3. The number of hydrogen-bond donors (Lipinski definition) is 1. The minimum absolute atomic E-state index is 0.116. The Morgan fingerprint density at radius 1 is 1.18 bits per heavy atom. The fourth-order valence-corrected chi connectivity index (χ4v) is 4.42. The highest BCUT2D eigenvalue weighted by molar-refractivity contribution is 7.92. The predicted octanol–water partition coefficient (Wildman–Crippen LogP) is 2.65. The van der Waals surface area contributed by atoms with E-state index in [1.165, 1.54) is 0 Å². The summed E-state index contributed by atoms with van der Waals surface area (Å²) in [5.41, 5.74) is -1.19. The molecule has 1 saturated heterocycles. The van der Waals surface area contributed by atoms with Gasteiger partial charge in [-0.05, 0) is 57.8 Å². The van der Waals surface area contributed by atoms with E-state index in [0.717, 1.165) is 18.2 Å². The summed E-state index contributed by atoms with van der Waals surface area (Å²) in [6.07, 6.45) is -3.32. The molecule has 8 heteroatoms. The molecule has 0 bridgehead atoms. The summed E-state index contributed by atoms with van der Waals surface area (Å²) in [5.74, 6) is -0.116. The zero-order valence-corrected chi connectivity index (χ0v) is 13.3. The first kappa shape index (κ1) is 17.2. The lowest BCUT2D eigenvalue weighted by Gasteiger charge is -2.36. The van der Waals surface area contributed by atoms with Crippen LogP contribution in [0.4, 0.5) is 13.2 Å². The molecule has 0 saturated carbocycles. The average Bonchev–Trinajstić information content (AvgIpc) is 2.47. The number of pyridine rings is 1. The number of rotatable bonds is 3. The van der Waals surface area contributed by atoms with Gasteiger partial charge in [-0.25, -0.2) is 13.4 Å². The van der Waals surface area contributed by atoms with Crippen molar-refractivity contribution >= 4 is 9.84 Å². The number of halogens is 3. The van der Waals surface area contributed by atoms with Crippen LogP contribution in [0.15, 0.2) is 23.2 Å². The van der Waals surface area contributed by atoms with Crippen LogP contribution in [0.3, 0.4) is 0 Å². The summed E-state index contributed by atoms with van der Waals surface area (Å²) in [5, 5.41) is 2.64. The molecule has 0 atom stereocenters. The Hall–Kier alpha value is -1.15. The van der Waals surface area contributed by atoms with Crippen LogP contribution in [0.2, 0.25) is 0 Å². The fraction of sp³-hybridized carbons (Fsp3) is 0.643. The van der Waals surface area contributed by atoms with Gasteiger partial charge in [0, 0.05) is 0 Å². The van der Waals surface area contributed by atoms with Gasteiger partial charge >= 0.3 is 6.18 Å². The molecule has 1 N–H and O–H groups in total. The van der Waals surface area contributed by atoms with Gasteiger partial charge < -0.3 is 5.32 Å². The number of nitrogens with zero attached hydrogens (tertiary/aromatic N) is 1. The van der Waals surface area contributed by atoms with Crippen molar-refractivity contribution in [1.82, 2.24) is 10.3 Å². The van der Waals surface area contributed by atoms with Gasteiger partial charge in [0.05, 0.1) is 4.75 Å². The van der Waals surface area contributed by atoms with Crippen LogP contribution < -0.4 is 5.32 Å². The smallest absolute Gasteiger partial charge is 0.317 e. The van der Waals surface area contributed by atoms with Crippen LogP contribution in [0, 0.1) is 5.92 Å². The highest BCUT2D eigenvalue weighted by atomic mass is 32.2. The van der Waals surface area contributed by atoms with Crippen LogP contribution in [0.5, 0.6) is 0 Å². The molecule has 1 aliphatic heterocycles. The lowest BCUT2D eigenvalue weighted by molar-refractivity contribution is -0.141. The number of aromatic nitrogens is 1. The number of hydrogen-bond acceptors (Lipinski definition) is 4. The van der Waals surface area contributed by atoms with Crippen molar-refractivity contribution in [2.45, 2.75) is 42.6 Å². The first-order chi connectivity index (χ1) is 10.1. The summed E-state index contributed by atoms with van der Waals surface area (Å²) >= 11 is 0. The molecule has 1 aliphatic rings. The van der Waals surface area contributed by atoms with Crippen LogP contribution in [-0.4, -0.2) is 31.2 Å². The molecule has 2 heterocycles. The zero-order chi connectivity index (χ0) is 16.6. The van der Waals surface area contributed by atoms with Gasteiger partial charge in [0.25, 0.3) is 0 Å². The molecule has 0 unspecified atom stereocenters. The number of piperidine rings is 1. The molecule has 124 valence electrons. The Balaban J connectivity index is 2.41. The Morgan fingerprint density at radius 3 is 2.32 bits per heavy atom. The molecule has 0 aromatic carbocycles. The Bertz CT molecular complexity index is 636. The van der Waals surface area contributed by atoms with Crippen LogP contribution in [-0.2, 0) is 16.0 Å². The zero-order valence-electron chi connectivity index (χ0n) is 12.4. The first-order valence-electron chi connectivity index (χ1n) is 7.06. The number of sulfone groups is 1. The lowest BCUT2D eigenvalue weighted by Crippen LogP contribution is -2.45. The second-order valence-corrected chi connectivity index (χ2v) is 8.47. The molecule has 1 aromatic rings. The maximum absolute atomic E-state index is 12.8.